The molecule has 0 spiro atoms. The fourth-order valence-corrected chi connectivity index (χ4v) is 2.01. The van der Waals surface area contributed by atoms with Crippen LogP contribution in [0, 0.1) is 0 Å². The van der Waals surface area contributed by atoms with Gasteiger partial charge in [-0.25, -0.2) is 28.1 Å². The van der Waals surface area contributed by atoms with Crippen LogP contribution in [0.15, 0.2) is 14.4 Å². The quantitative estimate of drug-likeness (QED) is 0.396. The van der Waals surface area contributed by atoms with Crippen molar-refractivity contribution in [2.75, 3.05) is 0 Å². The molecule has 0 aromatic carbocycles. The predicted molar refractivity (Wildman–Crippen MR) is 88.9 cm³/mol. The molecule has 0 aliphatic rings. The average molecular weight is 333 g/mol. The van der Waals surface area contributed by atoms with Crippen molar-refractivity contribution in [3.05, 3.63) is 31.5 Å². The van der Waals surface area contributed by atoms with Gasteiger partial charge in [-0.05, 0) is 0 Å². The summed E-state index contributed by atoms with van der Waals surface area (Å²) in [4.78, 5) is 37.0. The molecular formula is C12H18B3N3O6. The summed E-state index contributed by atoms with van der Waals surface area (Å²) in [6.45, 7) is -1.32. The topological polar surface area (TPSA) is 127 Å². The summed E-state index contributed by atoms with van der Waals surface area (Å²) in [5.74, 6) is 0. The maximum Gasteiger partial charge on any atom is 0.336 e. The molecule has 0 aliphatic carbocycles. The summed E-state index contributed by atoms with van der Waals surface area (Å²) >= 11 is 0. The fraction of sp³-hybridized carbons (Fsp3) is 0.750. The van der Waals surface area contributed by atoms with Crippen LogP contribution in [0.1, 0.15) is 0 Å². The zero-order valence-electron chi connectivity index (χ0n) is 13.1. The lowest BCUT2D eigenvalue weighted by Crippen LogP contribution is -2.57. The number of nitrogens with zero attached hydrogens (tertiary/aromatic N) is 3. The first kappa shape index (κ1) is 20.5. The summed E-state index contributed by atoms with van der Waals surface area (Å²) < 4.78 is 1.85. The molecule has 0 amide bonds. The number of hydrogen-bond donors (Lipinski definition) is 3. The Morgan fingerprint density at radius 2 is 0.833 bits per heavy atom. The molecule has 3 atom stereocenters. The Labute approximate surface area is 141 Å². The van der Waals surface area contributed by atoms with Crippen molar-refractivity contribution in [1.29, 1.82) is 0 Å². The minimum atomic E-state index is -1.19. The van der Waals surface area contributed by atoms with E-state index in [2.05, 4.69) is 0 Å². The van der Waals surface area contributed by atoms with Crippen LogP contribution in [-0.2, 0) is 19.6 Å². The van der Waals surface area contributed by atoms with E-state index in [9.17, 15) is 29.7 Å². The van der Waals surface area contributed by atoms with E-state index in [-0.39, 0.29) is 19.0 Å². The molecule has 3 unspecified atom stereocenters. The van der Waals surface area contributed by atoms with Gasteiger partial charge >= 0.3 is 17.1 Å². The van der Waals surface area contributed by atoms with Crippen LogP contribution in [0.5, 0.6) is 0 Å². The lowest BCUT2D eigenvalue weighted by atomic mass is 9.99. The molecule has 9 nitrogen and oxygen atoms in total. The summed E-state index contributed by atoms with van der Waals surface area (Å²) in [7, 11) is 15.8. The van der Waals surface area contributed by atoms with Gasteiger partial charge in [0.15, 0.2) is 0 Å². The lowest BCUT2D eigenvalue weighted by molar-refractivity contribution is 0.146. The smallest absolute Gasteiger partial charge is 0.336 e. The molecule has 1 heterocycles. The fourth-order valence-electron chi connectivity index (χ4n) is 2.01. The SMILES string of the molecule is [B]CC(O)Cn1c(=O)n(CC(O)C[B])c(=O)n(CC(O)C[B])c1=O. The standard InChI is InChI=1S/C12H18B3N3O6/c13-1-7(19)4-16-10(22)17(5-8(20)2-14)12(24)18(11(16)23)6-9(21)3-15/h7-9,19-21H,1-6H2. The molecule has 0 fully saturated rings. The second-order valence-electron chi connectivity index (χ2n) is 5.35. The zero-order valence-corrected chi connectivity index (χ0v) is 13.1. The van der Waals surface area contributed by atoms with Gasteiger partial charge in [0.2, 0.25) is 0 Å². The van der Waals surface area contributed by atoms with E-state index in [1.807, 2.05) is 0 Å². The number of hydrogen-bond acceptors (Lipinski definition) is 6. The third-order valence-electron chi connectivity index (χ3n) is 3.38. The van der Waals surface area contributed by atoms with Gasteiger partial charge in [0.25, 0.3) is 0 Å². The van der Waals surface area contributed by atoms with Crippen LogP contribution in [0.4, 0.5) is 0 Å². The molecule has 1 aromatic heterocycles. The average Bonchev–Trinajstić information content (AvgIpc) is 2.58. The minimum absolute atomic E-state index is 0.206. The van der Waals surface area contributed by atoms with Crippen molar-refractivity contribution in [1.82, 2.24) is 13.7 Å². The molecular weight excluding hydrogens is 315 g/mol. The normalized spacial score (nSPS) is 15.1. The van der Waals surface area contributed by atoms with Gasteiger partial charge in [0, 0.05) is 0 Å². The summed E-state index contributed by atoms with van der Waals surface area (Å²) in [6.07, 6.45) is -4.18. The van der Waals surface area contributed by atoms with E-state index in [0.29, 0.717) is 13.7 Å². The lowest BCUT2D eigenvalue weighted by Gasteiger charge is -2.18. The van der Waals surface area contributed by atoms with E-state index in [1.165, 1.54) is 0 Å². The van der Waals surface area contributed by atoms with E-state index < -0.39 is 55.0 Å². The molecule has 0 saturated carbocycles. The van der Waals surface area contributed by atoms with Crippen LogP contribution >= 0.6 is 0 Å². The van der Waals surface area contributed by atoms with Gasteiger partial charge in [-0.1, -0.05) is 19.0 Å². The Hall–Kier alpha value is -1.52. The highest BCUT2D eigenvalue weighted by atomic mass is 16.3. The Morgan fingerprint density at radius 1 is 0.625 bits per heavy atom. The predicted octanol–water partition coefficient (Wildman–Crippen LogP) is -3.99. The summed E-state index contributed by atoms with van der Waals surface area (Å²) in [6, 6.07) is 0. The largest absolute Gasteiger partial charge is 0.392 e. The Morgan fingerprint density at radius 3 is 1.00 bits per heavy atom. The summed E-state index contributed by atoms with van der Waals surface area (Å²) in [5, 5.41) is 28.8. The molecule has 0 aliphatic heterocycles. The van der Waals surface area contributed by atoms with E-state index in [4.69, 9.17) is 23.5 Å². The molecule has 0 bridgehead atoms. The van der Waals surface area contributed by atoms with Crippen molar-refractivity contribution in [3.8, 4) is 0 Å². The number of rotatable bonds is 9. The highest BCUT2D eigenvalue weighted by Gasteiger charge is 2.19. The highest BCUT2D eigenvalue weighted by molar-refractivity contribution is 6.09. The van der Waals surface area contributed by atoms with Crippen molar-refractivity contribution < 1.29 is 15.3 Å². The van der Waals surface area contributed by atoms with Crippen LogP contribution < -0.4 is 17.1 Å². The van der Waals surface area contributed by atoms with E-state index >= 15 is 0 Å². The molecule has 12 heteroatoms. The van der Waals surface area contributed by atoms with Crippen molar-refractivity contribution >= 4 is 23.5 Å². The first-order valence-corrected chi connectivity index (χ1v) is 7.35. The maximum absolute atomic E-state index is 12.3. The van der Waals surface area contributed by atoms with Crippen molar-refractivity contribution in [2.24, 2.45) is 0 Å². The molecule has 1 aromatic rings. The maximum atomic E-state index is 12.3. The molecule has 126 valence electrons. The van der Waals surface area contributed by atoms with Crippen molar-refractivity contribution in [3.63, 3.8) is 0 Å². The highest BCUT2D eigenvalue weighted by Crippen LogP contribution is 1.94. The molecule has 6 radical (unpaired) electrons. The van der Waals surface area contributed by atoms with Gasteiger partial charge in [0.1, 0.15) is 0 Å². The number of aromatic nitrogens is 3. The van der Waals surface area contributed by atoms with E-state index in [0.717, 1.165) is 0 Å². The van der Waals surface area contributed by atoms with Crippen LogP contribution in [0.3, 0.4) is 0 Å². The minimum Gasteiger partial charge on any atom is -0.392 e. The first-order chi connectivity index (χ1) is 11.3. The first-order valence-electron chi connectivity index (χ1n) is 7.35. The van der Waals surface area contributed by atoms with Gasteiger partial charge in [-0.15, -0.1) is 0 Å². The Balaban J connectivity index is 3.55. The second kappa shape index (κ2) is 9.09. The van der Waals surface area contributed by atoms with Gasteiger partial charge in [-0.3, -0.25) is 0 Å². The third kappa shape index (κ3) is 4.75. The van der Waals surface area contributed by atoms with Crippen LogP contribution in [0.25, 0.3) is 0 Å². The van der Waals surface area contributed by atoms with Gasteiger partial charge in [0.05, 0.1) is 61.5 Å². The summed E-state index contributed by atoms with van der Waals surface area (Å²) in [5.41, 5.74) is -3.03. The zero-order chi connectivity index (χ0) is 18.4. The monoisotopic (exact) mass is 333 g/mol. The Bertz CT molecular complexity index is 590. The molecule has 3 N–H and O–H groups in total. The Kier molecular flexibility index (Phi) is 7.78. The number of aliphatic hydroxyl groups excluding tert-OH is 3. The third-order valence-corrected chi connectivity index (χ3v) is 3.38. The second-order valence-corrected chi connectivity index (χ2v) is 5.35. The van der Waals surface area contributed by atoms with Crippen LogP contribution in [-0.4, -0.2) is 70.9 Å². The molecule has 1 rings (SSSR count). The molecule has 0 saturated heterocycles. The van der Waals surface area contributed by atoms with Gasteiger partial charge < -0.3 is 15.3 Å². The van der Waals surface area contributed by atoms with Crippen molar-refractivity contribution in [2.45, 2.75) is 56.9 Å². The van der Waals surface area contributed by atoms with E-state index in [1.54, 1.807) is 0 Å². The molecule has 24 heavy (non-hydrogen) atoms. The number of aliphatic hydroxyl groups is 3. The van der Waals surface area contributed by atoms with Gasteiger partial charge in [-0.2, -0.15) is 0 Å². The van der Waals surface area contributed by atoms with Crippen LogP contribution in [0.2, 0.25) is 19.0 Å².